The van der Waals surface area contributed by atoms with Crippen molar-refractivity contribution in [3.8, 4) is 22.3 Å². The molecule has 0 spiro atoms. The van der Waals surface area contributed by atoms with Crippen LogP contribution in [-0.4, -0.2) is 83.1 Å². The Morgan fingerprint density at radius 1 is 0.741 bits per heavy atom. The number of hydrogen-bond donors (Lipinski definition) is 1. The number of esters is 2. The molecule has 12 heteroatoms. The number of carbonyl (C=O) groups is 6. The molecule has 4 unspecified atom stereocenters. The normalized spacial score (nSPS) is 20.9. The molecule has 4 aliphatic rings. The van der Waals surface area contributed by atoms with Gasteiger partial charge in [0.15, 0.2) is 24.8 Å². The molecular weight excluding hydrogens is 692 g/mol. The molecule has 3 aliphatic carbocycles. The second kappa shape index (κ2) is 15.5. The topological polar surface area (TPSA) is 155 Å². The van der Waals surface area contributed by atoms with Gasteiger partial charge in [0.2, 0.25) is 0 Å². The minimum Gasteiger partial charge on any atom is -0.456 e. The number of benzene rings is 2. The number of nitrogens with zero attached hydrogens (tertiary/aromatic N) is 1. The zero-order valence-corrected chi connectivity index (χ0v) is 32.2. The number of amides is 2. The van der Waals surface area contributed by atoms with Crippen molar-refractivity contribution in [2.24, 2.45) is 11.8 Å². The standard InChI is InChI=1S/C42H52N2O10/c1-41(2,3)53-39(49)43-32(18-24-10-7-8-11-24)36(46)23-51-37(47)27-15-17-29-30-19-26(14-16-28(30)31(29)20-27)35(45)22-52-38(48)34-21-25-12-9-13-33(25)44(34)40(50)54-42(4,5)6/h14-17,19-20,24-25,32-34H,7-13,18,21-23H2,1-6H3,(H,43,49). The van der Waals surface area contributed by atoms with E-state index in [1.165, 1.54) is 4.90 Å². The Balaban J connectivity index is 1.04. The molecule has 1 aliphatic heterocycles. The van der Waals surface area contributed by atoms with E-state index in [9.17, 15) is 28.8 Å². The SMILES string of the molecule is CC(C)(C)OC(=O)NC(CC1CCCC1)C(=O)COC(=O)c1ccc2c(c1)-c1ccc(C(=O)COC(=O)C3CC4CCCC4N3C(=O)OC(C)(C)C)cc1-2. The van der Waals surface area contributed by atoms with Gasteiger partial charge in [-0.1, -0.05) is 50.3 Å². The van der Waals surface area contributed by atoms with Crippen molar-refractivity contribution in [1.82, 2.24) is 10.2 Å². The van der Waals surface area contributed by atoms with Crippen LogP contribution < -0.4 is 5.32 Å². The molecule has 290 valence electrons. The minimum atomic E-state index is -0.825. The van der Waals surface area contributed by atoms with Gasteiger partial charge in [-0.25, -0.2) is 19.2 Å². The van der Waals surface area contributed by atoms with E-state index >= 15 is 0 Å². The van der Waals surface area contributed by atoms with Crippen LogP contribution in [0.5, 0.6) is 0 Å². The first-order valence-corrected chi connectivity index (χ1v) is 19.2. The first-order chi connectivity index (χ1) is 25.5. The van der Waals surface area contributed by atoms with E-state index in [1.54, 1.807) is 77.9 Å². The van der Waals surface area contributed by atoms with Crippen LogP contribution in [0.4, 0.5) is 9.59 Å². The van der Waals surface area contributed by atoms with E-state index in [0.29, 0.717) is 24.3 Å². The lowest BCUT2D eigenvalue weighted by atomic mass is 9.78. The molecule has 2 aromatic rings. The largest absolute Gasteiger partial charge is 0.456 e. The van der Waals surface area contributed by atoms with Crippen LogP contribution in [0.3, 0.4) is 0 Å². The molecule has 4 atom stereocenters. The van der Waals surface area contributed by atoms with Crippen LogP contribution in [0.25, 0.3) is 22.3 Å². The third-order valence-corrected chi connectivity index (χ3v) is 10.7. The van der Waals surface area contributed by atoms with Crippen molar-refractivity contribution in [3.05, 3.63) is 47.5 Å². The Bertz CT molecular complexity index is 1820. The van der Waals surface area contributed by atoms with Crippen LogP contribution in [0, 0.1) is 11.8 Å². The second-order valence-corrected chi connectivity index (χ2v) is 17.1. The molecule has 12 nitrogen and oxygen atoms in total. The van der Waals surface area contributed by atoms with Crippen LogP contribution in [0.2, 0.25) is 0 Å². The maximum absolute atomic E-state index is 13.2. The van der Waals surface area contributed by atoms with Gasteiger partial charge in [-0.05, 0) is 120 Å². The third kappa shape index (κ3) is 8.96. The van der Waals surface area contributed by atoms with Crippen molar-refractivity contribution < 1.29 is 47.7 Å². The Kier molecular flexibility index (Phi) is 11.2. The minimum absolute atomic E-state index is 0.0715. The zero-order chi connectivity index (χ0) is 38.9. The first kappa shape index (κ1) is 39.0. The van der Waals surface area contributed by atoms with Crippen LogP contribution in [-0.2, 0) is 28.5 Å². The van der Waals surface area contributed by atoms with Crippen LogP contribution in [0.15, 0.2) is 36.4 Å². The van der Waals surface area contributed by atoms with Gasteiger partial charge in [-0.2, -0.15) is 0 Å². The Morgan fingerprint density at radius 2 is 1.37 bits per heavy atom. The fraction of sp³-hybridized carbons (Fsp3) is 0.571. The van der Waals surface area contributed by atoms with Crippen molar-refractivity contribution in [2.75, 3.05) is 13.2 Å². The van der Waals surface area contributed by atoms with E-state index in [4.69, 9.17) is 18.9 Å². The smallest absolute Gasteiger partial charge is 0.411 e. The number of Topliss-reactive ketones (excluding diaryl/α,β-unsaturated/α-hetero) is 2. The van der Waals surface area contributed by atoms with Gasteiger partial charge in [0.1, 0.15) is 17.2 Å². The molecule has 0 radical (unpaired) electrons. The molecule has 2 aromatic carbocycles. The number of ether oxygens (including phenoxy) is 4. The van der Waals surface area contributed by atoms with Crippen LogP contribution in [0.1, 0.15) is 120 Å². The van der Waals surface area contributed by atoms with Crippen molar-refractivity contribution in [1.29, 1.82) is 0 Å². The van der Waals surface area contributed by atoms with Crippen LogP contribution >= 0.6 is 0 Å². The number of rotatable bonds is 11. The average Bonchev–Trinajstić information content (AvgIpc) is 3.84. The van der Waals surface area contributed by atoms with E-state index in [0.717, 1.165) is 67.2 Å². The monoisotopic (exact) mass is 744 g/mol. The average molecular weight is 745 g/mol. The lowest BCUT2D eigenvalue weighted by molar-refractivity contribution is -0.148. The summed E-state index contributed by atoms with van der Waals surface area (Å²) in [6.07, 6.45) is 6.59. The lowest BCUT2D eigenvalue weighted by Gasteiger charge is -2.31. The maximum Gasteiger partial charge on any atom is 0.411 e. The molecule has 0 aromatic heterocycles. The molecule has 1 saturated heterocycles. The van der Waals surface area contributed by atoms with E-state index in [1.807, 2.05) is 0 Å². The lowest BCUT2D eigenvalue weighted by Crippen LogP contribution is -2.47. The third-order valence-electron chi connectivity index (χ3n) is 10.7. The molecule has 2 amide bonds. The van der Waals surface area contributed by atoms with Crippen molar-refractivity contribution in [2.45, 2.75) is 129 Å². The molecule has 0 bridgehead atoms. The number of ketones is 2. The summed E-state index contributed by atoms with van der Waals surface area (Å²) in [5.41, 5.74) is 2.51. The van der Waals surface area contributed by atoms with Gasteiger partial charge >= 0.3 is 24.1 Å². The molecule has 2 saturated carbocycles. The molecule has 1 heterocycles. The van der Waals surface area contributed by atoms with E-state index < -0.39 is 66.4 Å². The second-order valence-electron chi connectivity index (χ2n) is 17.1. The number of carbonyl (C=O) groups excluding carboxylic acids is 6. The number of hydrogen-bond acceptors (Lipinski definition) is 10. The highest BCUT2D eigenvalue weighted by atomic mass is 16.6. The van der Waals surface area contributed by atoms with Gasteiger partial charge in [0, 0.05) is 11.6 Å². The van der Waals surface area contributed by atoms with Gasteiger partial charge in [-0.3, -0.25) is 14.5 Å². The zero-order valence-electron chi connectivity index (χ0n) is 32.2. The molecule has 1 N–H and O–H groups in total. The molecule has 6 rings (SSSR count). The summed E-state index contributed by atoms with van der Waals surface area (Å²) in [7, 11) is 0. The van der Waals surface area contributed by atoms with Gasteiger partial charge in [-0.15, -0.1) is 0 Å². The van der Waals surface area contributed by atoms with Crippen molar-refractivity contribution >= 4 is 35.7 Å². The van der Waals surface area contributed by atoms with E-state index in [2.05, 4.69) is 5.32 Å². The molecule has 3 fully saturated rings. The Morgan fingerprint density at radius 3 is 2.02 bits per heavy atom. The highest BCUT2D eigenvalue weighted by Crippen LogP contribution is 2.48. The predicted octanol–water partition coefficient (Wildman–Crippen LogP) is 7.44. The number of likely N-dealkylation sites (tertiary alicyclic amines) is 1. The fourth-order valence-corrected chi connectivity index (χ4v) is 8.26. The predicted molar refractivity (Wildman–Crippen MR) is 199 cm³/mol. The van der Waals surface area contributed by atoms with Gasteiger partial charge in [0.25, 0.3) is 0 Å². The summed E-state index contributed by atoms with van der Waals surface area (Å²) in [6, 6.07) is 8.54. The van der Waals surface area contributed by atoms with Crippen molar-refractivity contribution in [3.63, 3.8) is 0 Å². The maximum atomic E-state index is 13.2. The van der Waals surface area contributed by atoms with Gasteiger partial charge in [0.05, 0.1) is 11.6 Å². The highest BCUT2D eigenvalue weighted by molar-refractivity contribution is 6.08. The first-order valence-electron chi connectivity index (χ1n) is 19.2. The molecule has 54 heavy (non-hydrogen) atoms. The Hall–Kier alpha value is -4.74. The summed E-state index contributed by atoms with van der Waals surface area (Å²) < 4.78 is 21.9. The van der Waals surface area contributed by atoms with Gasteiger partial charge < -0.3 is 24.3 Å². The summed E-state index contributed by atoms with van der Waals surface area (Å²) in [6.45, 7) is 9.64. The summed E-state index contributed by atoms with van der Waals surface area (Å²) in [5.74, 6) is -1.54. The Labute approximate surface area is 316 Å². The quantitative estimate of drug-likeness (QED) is 0.119. The number of fused-ring (bicyclic) bond motifs is 5. The summed E-state index contributed by atoms with van der Waals surface area (Å²) >= 11 is 0. The number of alkyl carbamates (subject to hydrolysis) is 1. The number of nitrogens with one attached hydrogen (secondary N) is 1. The molecular formula is C42H52N2O10. The summed E-state index contributed by atoms with van der Waals surface area (Å²) in [4.78, 5) is 79.8. The van der Waals surface area contributed by atoms with E-state index in [-0.39, 0.29) is 23.3 Å². The highest BCUT2D eigenvalue weighted by Gasteiger charge is 2.50. The summed E-state index contributed by atoms with van der Waals surface area (Å²) in [5, 5.41) is 2.69. The fourth-order valence-electron chi connectivity index (χ4n) is 8.26.